The minimum absolute atomic E-state index is 0.00286. The van der Waals surface area contributed by atoms with Gasteiger partial charge in [-0.15, -0.1) is 0 Å². The number of likely N-dealkylation sites (tertiary alicyclic amines) is 1. The van der Waals surface area contributed by atoms with Crippen LogP contribution in [0.1, 0.15) is 17.0 Å². The average molecular weight is 538 g/mol. The second-order valence-electron chi connectivity index (χ2n) is 8.66. The fourth-order valence-corrected chi connectivity index (χ4v) is 5.60. The molecule has 2 amide bonds. The largest absolute Gasteiger partial charge is 0.354 e. The molecule has 2 atom stereocenters. The van der Waals surface area contributed by atoms with E-state index >= 15 is 0 Å². The second kappa shape index (κ2) is 10.5. The average Bonchev–Trinajstić information content (AvgIpc) is 3.28. The zero-order valence-electron chi connectivity index (χ0n) is 19.1. The normalized spacial score (nSPS) is 21.1. The Morgan fingerprint density at radius 2 is 1.80 bits per heavy atom. The van der Waals surface area contributed by atoms with Crippen molar-refractivity contribution in [2.24, 2.45) is 5.92 Å². The molecule has 0 bridgehead atoms. The van der Waals surface area contributed by atoms with E-state index in [4.69, 9.17) is 28.5 Å². The molecule has 1 N–H and O–H groups in total. The molecule has 10 nitrogen and oxygen atoms in total. The molecule has 2 aliphatic rings. The highest BCUT2D eigenvalue weighted by Gasteiger charge is 2.39. The Morgan fingerprint density at radius 3 is 2.40 bits per heavy atom. The number of nitrogens with one attached hydrogen (secondary N) is 1. The van der Waals surface area contributed by atoms with Crippen LogP contribution in [0, 0.1) is 17.2 Å². The number of piperazine rings is 1. The predicted octanol–water partition coefficient (Wildman–Crippen LogP) is 2.48. The van der Waals surface area contributed by atoms with Crippen LogP contribution in [0.15, 0.2) is 30.6 Å². The van der Waals surface area contributed by atoms with E-state index in [0.717, 1.165) is 5.56 Å². The highest BCUT2D eigenvalue weighted by molar-refractivity contribution is 7.88. The van der Waals surface area contributed by atoms with Crippen LogP contribution >= 0.6 is 23.2 Å². The van der Waals surface area contributed by atoms with Gasteiger partial charge in [0.15, 0.2) is 0 Å². The first-order valence-electron chi connectivity index (χ1n) is 11.1. The predicted molar refractivity (Wildman–Crippen MR) is 133 cm³/mol. The van der Waals surface area contributed by atoms with Crippen LogP contribution in [-0.4, -0.2) is 90.6 Å². The molecule has 2 saturated heterocycles. The maximum atomic E-state index is 13.3. The number of halogens is 2. The highest BCUT2D eigenvalue weighted by atomic mass is 35.5. The van der Waals surface area contributed by atoms with Crippen LogP contribution < -0.4 is 5.32 Å². The van der Waals surface area contributed by atoms with Gasteiger partial charge in [0.05, 0.1) is 34.3 Å². The van der Waals surface area contributed by atoms with Crippen molar-refractivity contribution in [3.05, 3.63) is 51.8 Å². The van der Waals surface area contributed by atoms with E-state index in [1.807, 2.05) is 18.2 Å². The number of sulfonamides is 1. The minimum Gasteiger partial charge on any atom is -0.354 e. The number of carbonyl (C=O) groups excluding carboxylic acids is 1. The van der Waals surface area contributed by atoms with E-state index in [2.05, 4.69) is 15.3 Å². The van der Waals surface area contributed by atoms with Crippen LogP contribution in [0.3, 0.4) is 0 Å². The molecule has 2 aromatic rings. The molecule has 0 saturated carbocycles. The quantitative estimate of drug-likeness (QED) is 0.621. The lowest BCUT2D eigenvalue weighted by atomic mass is 9.89. The third-order valence-corrected chi connectivity index (χ3v) is 8.41. The van der Waals surface area contributed by atoms with E-state index in [0.29, 0.717) is 54.3 Å². The monoisotopic (exact) mass is 537 g/mol. The Labute approximate surface area is 214 Å². The lowest BCUT2D eigenvalue weighted by Crippen LogP contribution is -2.53. The van der Waals surface area contributed by atoms with Gasteiger partial charge in [-0.2, -0.15) is 9.57 Å². The van der Waals surface area contributed by atoms with Crippen molar-refractivity contribution in [2.75, 3.05) is 57.4 Å². The fraction of sp³-hybridized carbons (Fsp3) is 0.455. The molecule has 0 aliphatic carbocycles. The van der Waals surface area contributed by atoms with Crippen LogP contribution in [0.4, 0.5) is 10.7 Å². The standard InChI is InChI=1S/C22H25Cl2N7O3S/c1-35(33,34)31-6-4-29(5-7-31)22(32)30-13-17(12-28-21-26-10-15(9-25)11-27-21)18(14-30)16-2-3-19(23)20(24)8-16/h2-3,8,10-11,17-18H,4-7,12-14H2,1H3,(H,26,27,28)/t17-,18+/m0/s1. The van der Waals surface area contributed by atoms with Gasteiger partial charge in [-0.05, 0) is 17.7 Å². The molecule has 13 heteroatoms. The minimum atomic E-state index is -3.27. The SMILES string of the molecule is CS(=O)(=O)N1CCN(C(=O)N2C[C@H](CNc3ncc(C#N)cn3)[C@@H](c3ccc(Cl)c(Cl)c3)C2)CC1. The molecule has 3 heterocycles. The zero-order chi connectivity index (χ0) is 25.2. The Hall–Kier alpha value is -2.65. The molecule has 0 spiro atoms. The van der Waals surface area contributed by atoms with Gasteiger partial charge < -0.3 is 15.1 Å². The molecule has 1 aromatic carbocycles. The molecular weight excluding hydrogens is 513 g/mol. The van der Waals surface area contributed by atoms with Crippen molar-refractivity contribution in [3.8, 4) is 6.07 Å². The van der Waals surface area contributed by atoms with Gasteiger partial charge in [0, 0.05) is 57.6 Å². The molecule has 35 heavy (non-hydrogen) atoms. The van der Waals surface area contributed by atoms with Crippen molar-refractivity contribution >= 4 is 45.2 Å². The van der Waals surface area contributed by atoms with E-state index < -0.39 is 10.0 Å². The summed E-state index contributed by atoms with van der Waals surface area (Å²) < 4.78 is 25.0. The summed E-state index contributed by atoms with van der Waals surface area (Å²) >= 11 is 12.4. The molecular formula is C22H25Cl2N7O3S. The lowest BCUT2D eigenvalue weighted by Gasteiger charge is -2.35. The number of anilines is 1. The lowest BCUT2D eigenvalue weighted by molar-refractivity contribution is 0.141. The summed E-state index contributed by atoms with van der Waals surface area (Å²) in [5, 5.41) is 13.1. The Kier molecular flexibility index (Phi) is 7.66. The maximum Gasteiger partial charge on any atom is 0.320 e. The number of nitriles is 1. The molecule has 186 valence electrons. The van der Waals surface area contributed by atoms with Crippen molar-refractivity contribution < 1.29 is 13.2 Å². The first kappa shape index (κ1) is 25.4. The van der Waals surface area contributed by atoms with Crippen molar-refractivity contribution in [1.82, 2.24) is 24.1 Å². The van der Waals surface area contributed by atoms with Crippen molar-refractivity contribution in [1.29, 1.82) is 5.26 Å². The third-order valence-electron chi connectivity index (χ3n) is 6.36. The Morgan fingerprint density at radius 1 is 1.11 bits per heavy atom. The van der Waals surface area contributed by atoms with Crippen LogP contribution in [0.2, 0.25) is 10.0 Å². The van der Waals surface area contributed by atoms with Gasteiger partial charge in [-0.3, -0.25) is 0 Å². The number of hydrogen-bond donors (Lipinski definition) is 1. The Bertz CT molecular complexity index is 1230. The van der Waals surface area contributed by atoms with Gasteiger partial charge in [0.2, 0.25) is 16.0 Å². The van der Waals surface area contributed by atoms with Gasteiger partial charge in [-0.1, -0.05) is 29.3 Å². The van der Waals surface area contributed by atoms with Crippen molar-refractivity contribution in [2.45, 2.75) is 5.92 Å². The van der Waals surface area contributed by atoms with Crippen LogP contribution in [-0.2, 0) is 10.0 Å². The van der Waals surface area contributed by atoms with E-state index in [9.17, 15) is 13.2 Å². The first-order valence-corrected chi connectivity index (χ1v) is 13.7. The molecule has 1 aromatic heterocycles. The van der Waals surface area contributed by atoms with Crippen molar-refractivity contribution in [3.63, 3.8) is 0 Å². The first-order chi connectivity index (χ1) is 16.7. The summed E-state index contributed by atoms with van der Waals surface area (Å²) in [7, 11) is -3.27. The van der Waals surface area contributed by atoms with Gasteiger partial charge in [0.25, 0.3) is 0 Å². The number of aromatic nitrogens is 2. The van der Waals surface area contributed by atoms with Gasteiger partial charge >= 0.3 is 6.03 Å². The molecule has 0 unspecified atom stereocenters. The number of amides is 2. The van der Waals surface area contributed by atoms with Gasteiger partial charge in [-0.25, -0.2) is 23.2 Å². The summed E-state index contributed by atoms with van der Waals surface area (Å²) in [6.45, 7) is 2.76. The van der Waals surface area contributed by atoms with E-state index in [-0.39, 0.29) is 31.0 Å². The Balaban J connectivity index is 1.48. The summed E-state index contributed by atoms with van der Waals surface area (Å²) in [4.78, 5) is 25.1. The summed E-state index contributed by atoms with van der Waals surface area (Å²) in [6, 6.07) is 7.38. The molecule has 2 aliphatic heterocycles. The number of rotatable bonds is 5. The number of nitrogens with zero attached hydrogens (tertiary/aromatic N) is 6. The summed E-state index contributed by atoms with van der Waals surface area (Å²) in [5.41, 5.74) is 1.35. The number of urea groups is 1. The molecule has 0 radical (unpaired) electrons. The summed E-state index contributed by atoms with van der Waals surface area (Å²) in [6.07, 6.45) is 4.08. The summed E-state index contributed by atoms with van der Waals surface area (Å²) in [5.74, 6) is 0.434. The maximum absolute atomic E-state index is 13.3. The van der Waals surface area contributed by atoms with Gasteiger partial charge in [0.1, 0.15) is 6.07 Å². The smallest absolute Gasteiger partial charge is 0.320 e. The number of carbonyl (C=O) groups is 1. The fourth-order valence-electron chi connectivity index (χ4n) is 4.47. The van der Waals surface area contributed by atoms with Crippen LogP contribution in [0.5, 0.6) is 0 Å². The number of hydrogen-bond acceptors (Lipinski definition) is 7. The number of benzene rings is 1. The molecule has 2 fully saturated rings. The van der Waals surface area contributed by atoms with E-state index in [1.165, 1.54) is 23.0 Å². The van der Waals surface area contributed by atoms with Crippen LogP contribution in [0.25, 0.3) is 0 Å². The topological polar surface area (TPSA) is 123 Å². The highest BCUT2D eigenvalue weighted by Crippen LogP contribution is 2.36. The third kappa shape index (κ3) is 5.95. The molecule has 4 rings (SSSR count). The zero-order valence-corrected chi connectivity index (χ0v) is 21.4. The second-order valence-corrected chi connectivity index (χ2v) is 11.5. The van der Waals surface area contributed by atoms with E-state index in [1.54, 1.807) is 15.9 Å².